The molecule has 0 aliphatic carbocycles. The van der Waals surface area contributed by atoms with Gasteiger partial charge in [0.1, 0.15) is 0 Å². The van der Waals surface area contributed by atoms with E-state index in [1.54, 1.807) is 0 Å². The number of fused-ring (bicyclic) bond motifs is 1. The van der Waals surface area contributed by atoms with Crippen LogP contribution in [-0.2, 0) is 0 Å². The second-order valence-corrected chi connectivity index (χ2v) is 3.93. The normalized spacial score (nSPS) is 18.3. The molecule has 0 radical (unpaired) electrons. The summed E-state index contributed by atoms with van der Waals surface area (Å²) in [6.45, 7) is 1.02. The van der Waals surface area contributed by atoms with Crippen molar-refractivity contribution in [2.45, 2.75) is 5.92 Å². The minimum atomic E-state index is 0.516. The van der Waals surface area contributed by atoms with Crippen LogP contribution in [0, 0.1) is 0 Å². The molecule has 1 aliphatic rings. The fraction of sp³-hybridized carbons (Fsp3) is 0.143. The molecule has 0 saturated heterocycles. The molecule has 1 heteroatoms. The predicted octanol–water partition coefficient (Wildman–Crippen LogP) is 3.24. The number of para-hydroxylation sites is 1. The van der Waals surface area contributed by atoms with Gasteiger partial charge < -0.3 is 5.32 Å². The molecule has 0 bridgehead atoms. The first-order valence-corrected chi connectivity index (χ1v) is 5.33. The van der Waals surface area contributed by atoms with E-state index in [-0.39, 0.29) is 0 Å². The molecule has 2 aromatic carbocycles. The van der Waals surface area contributed by atoms with E-state index in [0.29, 0.717) is 5.92 Å². The third-order valence-electron chi connectivity index (χ3n) is 3.03. The van der Waals surface area contributed by atoms with Gasteiger partial charge in [0.2, 0.25) is 0 Å². The lowest BCUT2D eigenvalue weighted by molar-refractivity contribution is 0.907. The van der Waals surface area contributed by atoms with Crippen LogP contribution in [0.25, 0.3) is 0 Å². The van der Waals surface area contributed by atoms with E-state index in [9.17, 15) is 0 Å². The third-order valence-corrected chi connectivity index (χ3v) is 3.03. The zero-order valence-corrected chi connectivity index (χ0v) is 8.48. The van der Waals surface area contributed by atoms with Gasteiger partial charge in [0.05, 0.1) is 0 Å². The van der Waals surface area contributed by atoms with Crippen LogP contribution in [0.15, 0.2) is 54.6 Å². The Morgan fingerprint density at radius 2 is 1.60 bits per heavy atom. The number of hydrogen-bond acceptors (Lipinski definition) is 1. The van der Waals surface area contributed by atoms with E-state index in [0.717, 1.165) is 6.54 Å². The Bertz CT molecular complexity index is 462. The highest BCUT2D eigenvalue weighted by Gasteiger charge is 2.22. The van der Waals surface area contributed by atoms with Crippen molar-refractivity contribution < 1.29 is 0 Å². The van der Waals surface area contributed by atoms with Gasteiger partial charge in [0.25, 0.3) is 0 Å². The van der Waals surface area contributed by atoms with E-state index >= 15 is 0 Å². The second-order valence-electron chi connectivity index (χ2n) is 3.93. The van der Waals surface area contributed by atoms with Gasteiger partial charge in [0, 0.05) is 18.2 Å². The molecule has 3 rings (SSSR count). The molecule has 0 amide bonds. The summed E-state index contributed by atoms with van der Waals surface area (Å²) in [5, 5.41) is 3.45. The lowest BCUT2D eigenvalue weighted by atomic mass is 9.93. The van der Waals surface area contributed by atoms with Gasteiger partial charge in [-0.25, -0.2) is 0 Å². The molecular formula is C14H13N. The standard InChI is InChI=1S/C14H13N/c1-2-6-11(7-3-1)13-10-15-14-9-5-4-8-12(13)14/h1-9,13,15H,10H2. The van der Waals surface area contributed by atoms with E-state index in [2.05, 4.69) is 59.9 Å². The van der Waals surface area contributed by atoms with Gasteiger partial charge in [-0.15, -0.1) is 0 Å². The lowest BCUT2D eigenvalue weighted by Crippen LogP contribution is -2.03. The highest BCUT2D eigenvalue weighted by molar-refractivity contribution is 5.60. The largest absolute Gasteiger partial charge is 0.384 e. The van der Waals surface area contributed by atoms with Gasteiger partial charge in [-0.2, -0.15) is 0 Å². The maximum absolute atomic E-state index is 3.45. The van der Waals surface area contributed by atoms with Crippen molar-refractivity contribution in [3.63, 3.8) is 0 Å². The van der Waals surface area contributed by atoms with Crippen molar-refractivity contribution in [2.75, 3.05) is 11.9 Å². The Morgan fingerprint density at radius 3 is 2.47 bits per heavy atom. The summed E-state index contributed by atoms with van der Waals surface area (Å²) >= 11 is 0. The molecule has 1 atom stereocenters. The molecule has 0 spiro atoms. The smallest absolute Gasteiger partial charge is 0.0379 e. The van der Waals surface area contributed by atoms with Crippen LogP contribution in [-0.4, -0.2) is 6.54 Å². The average molecular weight is 195 g/mol. The first-order valence-electron chi connectivity index (χ1n) is 5.33. The molecule has 0 aromatic heterocycles. The van der Waals surface area contributed by atoms with Crippen LogP contribution in [0.2, 0.25) is 0 Å². The number of nitrogens with one attached hydrogen (secondary N) is 1. The van der Waals surface area contributed by atoms with Crippen LogP contribution in [0.4, 0.5) is 5.69 Å². The molecule has 1 aliphatic heterocycles. The molecule has 1 heterocycles. The highest BCUT2D eigenvalue weighted by atomic mass is 14.9. The molecule has 0 saturated carbocycles. The van der Waals surface area contributed by atoms with Crippen LogP contribution in [0.5, 0.6) is 0 Å². The predicted molar refractivity (Wildman–Crippen MR) is 63.2 cm³/mol. The minimum absolute atomic E-state index is 0.516. The summed E-state index contributed by atoms with van der Waals surface area (Å²) in [6, 6.07) is 19.2. The molecule has 1 N–H and O–H groups in total. The monoisotopic (exact) mass is 195 g/mol. The summed E-state index contributed by atoms with van der Waals surface area (Å²) in [6.07, 6.45) is 0. The Morgan fingerprint density at radius 1 is 0.867 bits per heavy atom. The number of anilines is 1. The summed E-state index contributed by atoms with van der Waals surface area (Å²) in [5.41, 5.74) is 4.10. The maximum atomic E-state index is 3.45. The van der Waals surface area contributed by atoms with E-state index < -0.39 is 0 Å². The zero-order chi connectivity index (χ0) is 10.1. The highest BCUT2D eigenvalue weighted by Crippen LogP contribution is 2.35. The van der Waals surface area contributed by atoms with Crippen molar-refractivity contribution in [1.29, 1.82) is 0 Å². The Hall–Kier alpha value is -1.76. The van der Waals surface area contributed by atoms with Gasteiger partial charge in [-0.3, -0.25) is 0 Å². The molecule has 2 aromatic rings. The average Bonchev–Trinajstić information content (AvgIpc) is 2.74. The van der Waals surface area contributed by atoms with Crippen molar-refractivity contribution in [1.82, 2.24) is 0 Å². The molecule has 1 nitrogen and oxygen atoms in total. The quantitative estimate of drug-likeness (QED) is 0.736. The van der Waals surface area contributed by atoms with Crippen molar-refractivity contribution in [3.05, 3.63) is 65.7 Å². The lowest BCUT2D eigenvalue weighted by Gasteiger charge is -2.09. The summed E-state index contributed by atoms with van der Waals surface area (Å²) in [5.74, 6) is 0.516. The van der Waals surface area contributed by atoms with Gasteiger partial charge in [-0.1, -0.05) is 48.5 Å². The first-order chi connectivity index (χ1) is 7.45. The van der Waals surface area contributed by atoms with Crippen molar-refractivity contribution in [2.24, 2.45) is 0 Å². The van der Waals surface area contributed by atoms with Crippen LogP contribution in [0.3, 0.4) is 0 Å². The van der Waals surface area contributed by atoms with Crippen LogP contribution in [0.1, 0.15) is 17.0 Å². The molecule has 0 fully saturated rings. The molecular weight excluding hydrogens is 182 g/mol. The zero-order valence-electron chi connectivity index (χ0n) is 8.48. The van der Waals surface area contributed by atoms with Crippen LogP contribution >= 0.6 is 0 Å². The summed E-state index contributed by atoms with van der Waals surface area (Å²) in [4.78, 5) is 0. The first kappa shape index (κ1) is 8.54. The van der Waals surface area contributed by atoms with Gasteiger partial charge >= 0.3 is 0 Å². The number of benzene rings is 2. The summed E-state index contributed by atoms with van der Waals surface area (Å²) < 4.78 is 0. The molecule has 74 valence electrons. The molecule has 1 unspecified atom stereocenters. The molecule has 15 heavy (non-hydrogen) atoms. The van der Waals surface area contributed by atoms with E-state index in [1.165, 1.54) is 16.8 Å². The van der Waals surface area contributed by atoms with Gasteiger partial charge in [0.15, 0.2) is 0 Å². The van der Waals surface area contributed by atoms with Crippen molar-refractivity contribution in [3.8, 4) is 0 Å². The van der Waals surface area contributed by atoms with E-state index in [4.69, 9.17) is 0 Å². The van der Waals surface area contributed by atoms with E-state index in [1.807, 2.05) is 0 Å². The van der Waals surface area contributed by atoms with Gasteiger partial charge in [-0.05, 0) is 17.2 Å². The maximum Gasteiger partial charge on any atom is 0.0379 e. The number of hydrogen-bond donors (Lipinski definition) is 1. The third kappa shape index (κ3) is 1.40. The fourth-order valence-corrected chi connectivity index (χ4v) is 2.27. The Labute approximate surface area is 89.8 Å². The van der Waals surface area contributed by atoms with Crippen molar-refractivity contribution >= 4 is 5.69 Å². The van der Waals surface area contributed by atoms with Crippen LogP contribution < -0.4 is 5.32 Å². The second kappa shape index (κ2) is 3.43. The topological polar surface area (TPSA) is 12.0 Å². The Balaban J connectivity index is 2.05. The fourth-order valence-electron chi connectivity index (χ4n) is 2.27. The summed E-state index contributed by atoms with van der Waals surface area (Å²) in [7, 11) is 0. The number of rotatable bonds is 1. The SMILES string of the molecule is c1ccc(C2CNc3ccccc32)cc1. The minimum Gasteiger partial charge on any atom is -0.384 e. The Kier molecular flexibility index (Phi) is 1.95.